The van der Waals surface area contributed by atoms with Crippen LogP contribution in [0.5, 0.6) is 5.75 Å². The Bertz CT molecular complexity index is 462. The third kappa shape index (κ3) is 3.12. The molecule has 1 fully saturated rings. The van der Waals surface area contributed by atoms with Crippen LogP contribution >= 0.6 is 0 Å². The summed E-state index contributed by atoms with van der Waals surface area (Å²) in [6.45, 7) is 5.89. The summed E-state index contributed by atoms with van der Waals surface area (Å²) in [5.41, 5.74) is 1.05. The number of carbonyl (C=O) groups excluding carboxylic acids is 1. The molecule has 4 heteroatoms. The number of methoxy groups -OCH3 is 1. The van der Waals surface area contributed by atoms with Crippen molar-refractivity contribution in [2.45, 2.75) is 26.3 Å². The van der Waals surface area contributed by atoms with Crippen molar-refractivity contribution in [3.05, 3.63) is 29.8 Å². The highest BCUT2D eigenvalue weighted by Crippen LogP contribution is 2.27. The Kier molecular flexibility index (Phi) is 5.01. The Balaban J connectivity index is 2.10. The summed E-state index contributed by atoms with van der Waals surface area (Å²) in [6, 6.07) is 7.88. The van der Waals surface area contributed by atoms with E-state index in [0.717, 1.165) is 30.8 Å². The van der Waals surface area contributed by atoms with Crippen molar-refractivity contribution in [2.24, 2.45) is 11.8 Å². The van der Waals surface area contributed by atoms with Crippen molar-refractivity contribution in [2.75, 3.05) is 20.2 Å². The van der Waals surface area contributed by atoms with Gasteiger partial charge in [-0.25, -0.2) is 0 Å². The van der Waals surface area contributed by atoms with E-state index in [4.69, 9.17) is 4.74 Å². The van der Waals surface area contributed by atoms with E-state index in [1.165, 1.54) is 0 Å². The van der Waals surface area contributed by atoms with Crippen LogP contribution in [0.25, 0.3) is 0 Å². The van der Waals surface area contributed by atoms with Crippen LogP contribution in [0, 0.1) is 11.8 Å². The molecular formula is C16H24N2O2. The zero-order valence-electron chi connectivity index (χ0n) is 12.5. The molecule has 1 heterocycles. The second-order valence-corrected chi connectivity index (χ2v) is 5.45. The molecule has 0 aromatic heterocycles. The number of rotatable bonds is 5. The summed E-state index contributed by atoms with van der Waals surface area (Å²) in [5.74, 6) is 1.43. The number of para-hydroxylation sites is 1. The summed E-state index contributed by atoms with van der Waals surface area (Å²) >= 11 is 0. The van der Waals surface area contributed by atoms with Crippen molar-refractivity contribution in [3.63, 3.8) is 0 Å². The molecule has 2 N–H and O–H groups in total. The summed E-state index contributed by atoms with van der Waals surface area (Å²) in [6.07, 6.45) is 0.848. The first-order valence-electron chi connectivity index (χ1n) is 7.31. The third-order valence-electron chi connectivity index (χ3n) is 4.09. The highest BCUT2D eigenvalue weighted by molar-refractivity contribution is 5.80. The van der Waals surface area contributed by atoms with Crippen LogP contribution in [-0.2, 0) is 4.79 Å². The van der Waals surface area contributed by atoms with E-state index in [0.29, 0.717) is 5.92 Å². The lowest BCUT2D eigenvalue weighted by Crippen LogP contribution is -2.36. The summed E-state index contributed by atoms with van der Waals surface area (Å²) in [7, 11) is 1.66. The van der Waals surface area contributed by atoms with Gasteiger partial charge < -0.3 is 15.4 Å². The lowest BCUT2D eigenvalue weighted by atomic mass is 9.95. The molecule has 0 aliphatic carbocycles. The number of hydrogen-bond acceptors (Lipinski definition) is 3. The topological polar surface area (TPSA) is 50.4 Å². The van der Waals surface area contributed by atoms with Crippen molar-refractivity contribution in [1.82, 2.24) is 10.6 Å². The highest BCUT2D eigenvalue weighted by Gasteiger charge is 2.31. The molecule has 0 bridgehead atoms. The highest BCUT2D eigenvalue weighted by atomic mass is 16.5. The monoisotopic (exact) mass is 276 g/mol. The maximum atomic E-state index is 12.4. The molecule has 1 aromatic rings. The van der Waals surface area contributed by atoms with Crippen LogP contribution in [0.3, 0.4) is 0 Å². The largest absolute Gasteiger partial charge is 0.496 e. The average Bonchev–Trinajstić information content (AvgIpc) is 2.90. The third-order valence-corrected chi connectivity index (χ3v) is 4.09. The van der Waals surface area contributed by atoms with Crippen molar-refractivity contribution in [1.29, 1.82) is 0 Å². The van der Waals surface area contributed by atoms with Crippen molar-refractivity contribution < 1.29 is 9.53 Å². The van der Waals surface area contributed by atoms with Gasteiger partial charge >= 0.3 is 0 Å². The molecule has 0 spiro atoms. The van der Waals surface area contributed by atoms with Crippen LogP contribution in [-0.4, -0.2) is 26.1 Å². The van der Waals surface area contributed by atoms with Crippen LogP contribution in [0.4, 0.5) is 0 Å². The van der Waals surface area contributed by atoms with E-state index < -0.39 is 0 Å². The molecule has 1 aromatic carbocycles. The van der Waals surface area contributed by atoms with Gasteiger partial charge in [0.25, 0.3) is 0 Å². The zero-order chi connectivity index (χ0) is 14.5. The minimum atomic E-state index is 0.00597. The predicted octanol–water partition coefficient (Wildman–Crippen LogP) is 2.12. The maximum absolute atomic E-state index is 12.4. The molecule has 2 rings (SSSR count). The second kappa shape index (κ2) is 6.75. The molecule has 1 saturated heterocycles. The predicted molar refractivity (Wildman–Crippen MR) is 79.7 cm³/mol. The molecule has 1 aliphatic rings. The van der Waals surface area contributed by atoms with Gasteiger partial charge in [-0.3, -0.25) is 4.79 Å². The fourth-order valence-electron chi connectivity index (χ4n) is 2.79. The normalized spacial score (nSPS) is 23.4. The molecule has 4 nitrogen and oxygen atoms in total. The van der Waals surface area contributed by atoms with E-state index >= 15 is 0 Å². The number of benzene rings is 1. The van der Waals surface area contributed by atoms with Gasteiger partial charge in [0.2, 0.25) is 5.91 Å². The van der Waals surface area contributed by atoms with Gasteiger partial charge in [0.15, 0.2) is 0 Å². The van der Waals surface area contributed by atoms with E-state index in [1.807, 2.05) is 24.3 Å². The molecule has 110 valence electrons. The molecule has 0 radical (unpaired) electrons. The van der Waals surface area contributed by atoms with Gasteiger partial charge in [-0.1, -0.05) is 32.0 Å². The van der Waals surface area contributed by atoms with Gasteiger partial charge in [0.1, 0.15) is 5.75 Å². The van der Waals surface area contributed by atoms with Gasteiger partial charge in [0.05, 0.1) is 19.1 Å². The summed E-state index contributed by atoms with van der Waals surface area (Å²) < 4.78 is 5.39. The van der Waals surface area contributed by atoms with E-state index in [1.54, 1.807) is 7.11 Å². The standard InChI is InChI=1S/C16H24N2O2/c1-4-14(12-7-5-6-8-15(12)20-3)18-16(19)13-10-17-9-11(13)2/h5-8,11,13-14,17H,4,9-10H2,1-3H3,(H,18,19). The number of hydrogen-bond donors (Lipinski definition) is 2. The summed E-state index contributed by atoms with van der Waals surface area (Å²) in [5, 5.41) is 6.44. The zero-order valence-corrected chi connectivity index (χ0v) is 12.5. The first-order chi connectivity index (χ1) is 9.67. The fourth-order valence-corrected chi connectivity index (χ4v) is 2.79. The van der Waals surface area contributed by atoms with Crippen LogP contribution in [0.15, 0.2) is 24.3 Å². The Morgan fingerprint density at radius 1 is 1.45 bits per heavy atom. The molecule has 20 heavy (non-hydrogen) atoms. The lowest BCUT2D eigenvalue weighted by molar-refractivity contribution is -0.126. The van der Waals surface area contributed by atoms with Gasteiger partial charge in [-0.2, -0.15) is 0 Å². The molecule has 3 unspecified atom stereocenters. The number of carbonyl (C=O) groups is 1. The quantitative estimate of drug-likeness (QED) is 0.866. The van der Waals surface area contributed by atoms with Crippen LogP contribution < -0.4 is 15.4 Å². The van der Waals surface area contributed by atoms with Crippen molar-refractivity contribution >= 4 is 5.91 Å². The second-order valence-electron chi connectivity index (χ2n) is 5.45. The first kappa shape index (κ1) is 14.9. The fraction of sp³-hybridized carbons (Fsp3) is 0.562. The molecule has 3 atom stereocenters. The number of nitrogens with one attached hydrogen (secondary N) is 2. The average molecular weight is 276 g/mol. The molecule has 1 amide bonds. The smallest absolute Gasteiger partial charge is 0.225 e. The van der Waals surface area contributed by atoms with Crippen molar-refractivity contribution in [3.8, 4) is 5.75 Å². The van der Waals surface area contributed by atoms with Gasteiger partial charge in [-0.05, 0) is 24.9 Å². The molecular weight excluding hydrogens is 252 g/mol. The van der Waals surface area contributed by atoms with Crippen LogP contribution in [0.2, 0.25) is 0 Å². The summed E-state index contributed by atoms with van der Waals surface area (Å²) in [4.78, 5) is 12.4. The number of amides is 1. The molecule has 0 saturated carbocycles. The minimum absolute atomic E-state index is 0.00597. The van der Waals surface area contributed by atoms with E-state index in [-0.39, 0.29) is 17.9 Å². The Hall–Kier alpha value is -1.55. The van der Waals surface area contributed by atoms with Gasteiger partial charge in [0, 0.05) is 12.1 Å². The number of ether oxygens (including phenoxy) is 1. The van der Waals surface area contributed by atoms with E-state index in [2.05, 4.69) is 24.5 Å². The SMILES string of the molecule is CCC(NC(=O)C1CNCC1C)c1ccccc1OC. The minimum Gasteiger partial charge on any atom is -0.496 e. The lowest BCUT2D eigenvalue weighted by Gasteiger charge is -2.23. The Morgan fingerprint density at radius 3 is 2.80 bits per heavy atom. The van der Waals surface area contributed by atoms with E-state index in [9.17, 15) is 4.79 Å². The maximum Gasteiger partial charge on any atom is 0.225 e. The van der Waals surface area contributed by atoms with Gasteiger partial charge in [-0.15, -0.1) is 0 Å². The molecule has 1 aliphatic heterocycles. The Labute approximate surface area is 120 Å². The first-order valence-corrected chi connectivity index (χ1v) is 7.31. The van der Waals surface area contributed by atoms with Crippen LogP contribution in [0.1, 0.15) is 31.9 Å². The Morgan fingerprint density at radius 2 is 2.20 bits per heavy atom.